The number of benzene rings is 1. The lowest BCUT2D eigenvalue weighted by molar-refractivity contribution is -0.136. The van der Waals surface area contributed by atoms with E-state index in [0.717, 1.165) is 16.5 Å². The van der Waals surface area contributed by atoms with Gasteiger partial charge in [0.05, 0.1) is 18.5 Å². The predicted octanol–water partition coefficient (Wildman–Crippen LogP) is 3.33. The first-order valence-electron chi connectivity index (χ1n) is 6.84. The van der Waals surface area contributed by atoms with Crippen LogP contribution in [0.1, 0.15) is 12.0 Å². The van der Waals surface area contributed by atoms with Crippen molar-refractivity contribution in [1.29, 1.82) is 0 Å². The van der Waals surface area contributed by atoms with Gasteiger partial charge in [0.15, 0.2) is 0 Å². The van der Waals surface area contributed by atoms with Crippen LogP contribution in [0, 0.1) is 0 Å². The van der Waals surface area contributed by atoms with Crippen molar-refractivity contribution in [3.8, 4) is 0 Å². The second-order valence-electron chi connectivity index (χ2n) is 4.90. The molecule has 0 radical (unpaired) electrons. The van der Waals surface area contributed by atoms with E-state index in [9.17, 15) is 13.2 Å². The summed E-state index contributed by atoms with van der Waals surface area (Å²) < 4.78 is 43.8. The highest BCUT2D eigenvalue weighted by Gasteiger charge is 2.26. The molecule has 0 aliphatic rings. The van der Waals surface area contributed by atoms with E-state index in [1.165, 1.54) is 0 Å². The molecule has 1 N–H and O–H groups in total. The molecule has 0 bridgehead atoms. The third kappa shape index (κ3) is 4.47. The van der Waals surface area contributed by atoms with E-state index >= 15 is 0 Å². The van der Waals surface area contributed by atoms with Gasteiger partial charge in [-0.15, -0.1) is 0 Å². The number of hydrogen-bond donors (Lipinski definition) is 1. The summed E-state index contributed by atoms with van der Waals surface area (Å²) in [5.41, 5.74) is 1.86. The molecule has 1 aromatic heterocycles. The van der Waals surface area contributed by atoms with Crippen LogP contribution in [0.25, 0.3) is 10.9 Å². The van der Waals surface area contributed by atoms with Crippen molar-refractivity contribution in [3.05, 3.63) is 36.0 Å². The molecule has 0 saturated carbocycles. The van der Waals surface area contributed by atoms with Crippen molar-refractivity contribution >= 4 is 10.9 Å². The highest BCUT2D eigenvalue weighted by molar-refractivity contribution is 5.83. The van der Waals surface area contributed by atoms with Crippen LogP contribution in [0.2, 0.25) is 0 Å². The standard InChI is InChI=1S/C15H19F3N2O/c1-21-10-7-19-11-13-4-2-3-12-5-8-20(14(12)13)9-6-15(16,17)18/h2-5,8,19H,6-7,9-11H2,1H3. The maximum absolute atomic E-state index is 12.4. The molecule has 1 heterocycles. The third-order valence-corrected chi connectivity index (χ3v) is 3.31. The summed E-state index contributed by atoms with van der Waals surface area (Å²) in [4.78, 5) is 0. The molecule has 0 amide bonds. The van der Waals surface area contributed by atoms with Gasteiger partial charge in [-0.25, -0.2) is 0 Å². The van der Waals surface area contributed by atoms with Gasteiger partial charge in [0.25, 0.3) is 0 Å². The molecule has 0 fully saturated rings. The number of hydrogen-bond acceptors (Lipinski definition) is 2. The minimum atomic E-state index is -4.14. The molecule has 6 heteroatoms. The van der Waals surface area contributed by atoms with Crippen LogP contribution in [-0.2, 0) is 17.8 Å². The Kier molecular flexibility index (Phi) is 5.25. The predicted molar refractivity (Wildman–Crippen MR) is 76.2 cm³/mol. The smallest absolute Gasteiger partial charge is 0.383 e. The molecule has 2 rings (SSSR count). The van der Waals surface area contributed by atoms with E-state index in [-0.39, 0.29) is 6.54 Å². The Bertz CT molecular complexity index is 578. The molecule has 3 nitrogen and oxygen atoms in total. The number of methoxy groups -OCH3 is 1. The lowest BCUT2D eigenvalue weighted by Gasteiger charge is -2.12. The van der Waals surface area contributed by atoms with Gasteiger partial charge >= 0.3 is 6.18 Å². The molecular formula is C15H19F3N2O. The maximum atomic E-state index is 12.4. The zero-order chi connectivity index (χ0) is 15.3. The minimum Gasteiger partial charge on any atom is -0.383 e. The number of rotatable bonds is 7. The Morgan fingerprint density at radius 1 is 1.24 bits per heavy atom. The Balaban J connectivity index is 2.15. The molecule has 0 unspecified atom stereocenters. The van der Waals surface area contributed by atoms with E-state index in [4.69, 9.17) is 4.74 Å². The lowest BCUT2D eigenvalue weighted by atomic mass is 10.1. The Labute approximate surface area is 121 Å². The Morgan fingerprint density at radius 2 is 2.05 bits per heavy atom. The van der Waals surface area contributed by atoms with Crippen molar-refractivity contribution < 1.29 is 17.9 Å². The highest BCUT2D eigenvalue weighted by Crippen LogP contribution is 2.24. The molecule has 0 saturated heterocycles. The van der Waals surface area contributed by atoms with Gasteiger partial charge in [-0.05, 0) is 17.0 Å². The SMILES string of the molecule is COCCNCc1cccc2ccn(CCC(F)(F)F)c12. The molecule has 116 valence electrons. The van der Waals surface area contributed by atoms with Crippen LogP contribution in [0.15, 0.2) is 30.5 Å². The molecule has 0 atom stereocenters. The first kappa shape index (κ1) is 15.9. The van der Waals surface area contributed by atoms with Crippen molar-refractivity contribution in [1.82, 2.24) is 9.88 Å². The monoisotopic (exact) mass is 300 g/mol. The van der Waals surface area contributed by atoms with Crippen molar-refractivity contribution in [2.24, 2.45) is 0 Å². The van der Waals surface area contributed by atoms with Crippen molar-refractivity contribution in [2.45, 2.75) is 25.7 Å². The molecule has 0 aliphatic heterocycles. The Morgan fingerprint density at radius 3 is 2.76 bits per heavy atom. The summed E-state index contributed by atoms with van der Waals surface area (Å²) in [6.07, 6.45) is -3.24. The molecule has 0 spiro atoms. The third-order valence-electron chi connectivity index (χ3n) is 3.31. The van der Waals surface area contributed by atoms with Gasteiger partial charge in [-0.3, -0.25) is 0 Å². The highest BCUT2D eigenvalue weighted by atomic mass is 19.4. The van der Waals surface area contributed by atoms with Gasteiger partial charge in [-0.2, -0.15) is 13.2 Å². The fourth-order valence-electron chi connectivity index (χ4n) is 2.31. The average Bonchev–Trinajstić information content (AvgIpc) is 2.84. The van der Waals surface area contributed by atoms with E-state index in [2.05, 4.69) is 5.32 Å². The number of fused-ring (bicyclic) bond motifs is 1. The molecule has 1 aromatic carbocycles. The quantitative estimate of drug-likeness (QED) is 0.794. The van der Waals surface area contributed by atoms with E-state index in [1.54, 1.807) is 17.9 Å². The van der Waals surface area contributed by atoms with Crippen LogP contribution in [0.4, 0.5) is 13.2 Å². The summed E-state index contributed by atoms with van der Waals surface area (Å²) >= 11 is 0. The van der Waals surface area contributed by atoms with Crippen LogP contribution in [-0.4, -0.2) is 31.0 Å². The topological polar surface area (TPSA) is 26.2 Å². The zero-order valence-electron chi connectivity index (χ0n) is 11.9. The normalized spacial score (nSPS) is 12.2. The fourth-order valence-corrected chi connectivity index (χ4v) is 2.31. The summed E-state index contributed by atoms with van der Waals surface area (Å²) in [5.74, 6) is 0. The largest absolute Gasteiger partial charge is 0.390 e. The summed E-state index contributed by atoms with van der Waals surface area (Å²) in [6, 6.07) is 7.62. The number of aryl methyl sites for hydroxylation is 1. The second kappa shape index (κ2) is 6.95. The molecule has 0 aliphatic carbocycles. The van der Waals surface area contributed by atoms with Crippen LogP contribution >= 0.6 is 0 Å². The van der Waals surface area contributed by atoms with Gasteiger partial charge < -0.3 is 14.6 Å². The first-order chi connectivity index (χ1) is 10.0. The zero-order valence-corrected chi connectivity index (χ0v) is 11.9. The summed E-state index contributed by atoms with van der Waals surface area (Å²) in [6.45, 7) is 1.86. The number of nitrogens with one attached hydrogen (secondary N) is 1. The van der Waals surface area contributed by atoms with Gasteiger partial charge in [0.2, 0.25) is 0 Å². The number of halogens is 3. The number of ether oxygens (including phenoxy) is 1. The number of nitrogens with zero attached hydrogens (tertiary/aromatic N) is 1. The molecule has 2 aromatic rings. The van der Waals surface area contributed by atoms with Crippen LogP contribution in [0.5, 0.6) is 0 Å². The minimum absolute atomic E-state index is 0.0535. The van der Waals surface area contributed by atoms with Crippen molar-refractivity contribution in [3.63, 3.8) is 0 Å². The Hall–Kier alpha value is -1.53. The molecular weight excluding hydrogens is 281 g/mol. The average molecular weight is 300 g/mol. The van der Waals surface area contributed by atoms with Gasteiger partial charge in [-0.1, -0.05) is 18.2 Å². The van der Waals surface area contributed by atoms with Crippen LogP contribution < -0.4 is 5.32 Å². The number of aromatic nitrogens is 1. The summed E-state index contributed by atoms with van der Waals surface area (Å²) in [7, 11) is 1.63. The van der Waals surface area contributed by atoms with E-state index < -0.39 is 12.6 Å². The lowest BCUT2D eigenvalue weighted by Crippen LogP contribution is -2.19. The van der Waals surface area contributed by atoms with Gasteiger partial charge in [0, 0.05) is 32.9 Å². The van der Waals surface area contributed by atoms with Gasteiger partial charge in [0.1, 0.15) is 0 Å². The fraction of sp³-hybridized carbons (Fsp3) is 0.467. The number of para-hydroxylation sites is 1. The first-order valence-corrected chi connectivity index (χ1v) is 6.84. The second-order valence-corrected chi connectivity index (χ2v) is 4.90. The van der Waals surface area contributed by atoms with E-state index in [0.29, 0.717) is 19.7 Å². The van der Waals surface area contributed by atoms with Crippen LogP contribution in [0.3, 0.4) is 0 Å². The van der Waals surface area contributed by atoms with Crippen molar-refractivity contribution in [2.75, 3.05) is 20.3 Å². The van der Waals surface area contributed by atoms with E-state index in [1.807, 2.05) is 24.3 Å². The molecule has 21 heavy (non-hydrogen) atoms. The summed E-state index contributed by atoms with van der Waals surface area (Å²) in [5, 5.41) is 4.18. The maximum Gasteiger partial charge on any atom is 0.390 e. The number of alkyl halides is 3.